The van der Waals surface area contributed by atoms with Crippen LogP contribution in [0.5, 0.6) is 17.2 Å². The van der Waals surface area contributed by atoms with E-state index in [0.717, 1.165) is 5.56 Å². The molecular formula is C16H24O4. The van der Waals surface area contributed by atoms with E-state index in [2.05, 4.69) is 0 Å². The summed E-state index contributed by atoms with van der Waals surface area (Å²) in [4.78, 5) is 11.6. The highest BCUT2D eigenvalue weighted by atomic mass is 16.6. The van der Waals surface area contributed by atoms with Gasteiger partial charge in [0.15, 0.2) is 11.5 Å². The van der Waals surface area contributed by atoms with Gasteiger partial charge >= 0.3 is 5.97 Å². The Morgan fingerprint density at radius 2 is 1.90 bits per heavy atom. The third-order valence-electron chi connectivity index (χ3n) is 3.06. The van der Waals surface area contributed by atoms with Gasteiger partial charge in [-0.2, -0.15) is 0 Å². The maximum atomic E-state index is 11.6. The third-order valence-corrected chi connectivity index (χ3v) is 3.06. The largest absolute Gasteiger partial charge is 0.507 e. The van der Waals surface area contributed by atoms with Crippen molar-refractivity contribution in [3.63, 3.8) is 0 Å². The van der Waals surface area contributed by atoms with E-state index in [4.69, 9.17) is 9.47 Å². The van der Waals surface area contributed by atoms with Crippen LogP contribution in [0.2, 0.25) is 0 Å². The van der Waals surface area contributed by atoms with Gasteiger partial charge in [0.2, 0.25) is 0 Å². The zero-order valence-corrected chi connectivity index (χ0v) is 13.2. The van der Waals surface area contributed by atoms with Gasteiger partial charge in [0.1, 0.15) is 5.75 Å². The van der Waals surface area contributed by atoms with Crippen LogP contribution in [-0.2, 0) is 10.2 Å². The summed E-state index contributed by atoms with van der Waals surface area (Å²) in [5.74, 6) is 0.673. The van der Waals surface area contributed by atoms with Crippen LogP contribution in [0.15, 0.2) is 6.07 Å². The lowest BCUT2D eigenvalue weighted by Gasteiger charge is -2.24. The van der Waals surface area contributed by atoms with Crippen LogP contribution in [0.1, 0.15) is 52.2 Å². The van der Waals surface area contributed by atoms with Crippen LogP contribution in [0.25, 0.3) is 0 Å². The SMILES string of the molecule is CCOc1c(OC(=O)CC)cc(C(C)(C)C)c(O)c1C. The van der Waals surface area contributed by atoms with Crippen molar-refractivity contribution in [1.82, 2.24) is 0 Å². The predicted molar refractivity (Wildman–Crippen MR) is 78.6 cm³/mol. The molecule has 4 heteroatoms. The van der Waals surface area contributed by atoms with Crippen molar-refractivity contribution in [2.24, 2.45) is 0 Å². The normalized spacial score (nSPS) is 11.3. The molecule has 1 aromatic rings. The number of ether oxygens (including phenoxy) is 2. The van der Waals surface area contributed by atoms with Gasteiger partial charge in [-0.05, 0) is 25.3 Å². The summed E-state index contributed by atoms with van der Waals surface area (Å²) < 4.78 is 10.9. The maximum absolute atomic E-state index is 11.6. The van der Waals surface area contributed by atoms with Crippen molar-refractivity contribution in [3.8, 4) is 17.2 Å². The molecule has 1 N–H and O–H groups in total. The highest BCUT2D eigenvalue weighted by Crippen LogP contribution is 2.43. The van der Waals surface area contributed by atoms with E-state index in [1.807, 2.05) is 27.7 Å². The minimum absolute atomic E-state index is 0.192. The Kier molecular flexibility index (Phi) is 5.03. The first-order valence-electron chi connectivity index (χ1n) is 6.92. The lowest BCUT2D eigenvalue weighted by Crippen LogP contribution is -2.14. The fourth-order valence-electron chi connectivity index (χ4n) is 1.93. The number of carbonyl (C=O) groups is 1. The molecular weight excluding hydrogens is 256 g/mol. The number of phenols is 1. The molecule has 0 bridgehead atoms. The zero-order chi connectivity index (χ0) is 15.5. The second-order valence-corrected chi connectivity index (χ2v) is 5.74. The first-order chi connectivity index (χ1) is 9.22. The van der Waals surface area contributed by atoms with E-state index < -0.39 is 0 Å². The molecule has 1 rings (SSSR count). The average molecular weight is 280 g/mol. The molecule has 1 aromatic carbocycles. The zero-order valence-electron chi connectivity index (χ0n) is 13.2. The van der Waals surface area contributed by atoms with Crippen LogP contribution in [-0.4, -0.2) is 17.7 Å². The second-order valence-electron chi connectivity index (χ2n) is 5.74. The molecule has 112 valence electrons. The Morgan fingerprint density at radius 3 is 2.35 bits per heavy atom. The molecule has 4 nitrogen and oxygen atoms in total. The number of carbonyl (C=O) groups excluding carboxylic acids is 1. The highest BCUT2D eigenvalue weighted by molar-refractivity contribution is 5.74. The monoisotopic (exact) mass is 280 g/mol. The van der Waals surface area contributed by atoms with Gasteiger partial charge in [-0.1, -0.05) is 27.7 Å². The first-order valence-corrected chi connectivity index (χ1v) is 6.92. The molecule has 0 spiro atoms. The summed E-state index contributed by atoms with van der Waals surface area (Å²) in [5, 5.41) is 10.3. The van der Waals surface area contributed by atoms with Crippen molar-refractivity contribution in [2.45, 2.75) is 53.4 Å². The molecule has 0 unspecified atom stereocenters. The molecule has 0 fully saturated rings. The fraction of sp³-hybridized carbons (Fsp3) is 0.562. The van der Waals surface area contributed by atoms with Gasteiger partial charge in [-0.25, -0.2) is 0 Å². The smallest absolute Gasteiger partial charge is 0.311 e. The van der Waals surface area contributed by atoms with Crippen LogP contribution in [0.3, 0.4) is 0 Å². The van der Waals surface area contributed by atoms with Crippen molar-refractivity contribution in [3.05, 3.63) is 17.2 Å². The molecule has 0 amide bonds. The van der Waals surface area contributed by atoms with Gasteiger partial charge in [0, 0.05) is 17.5 Å². The molecule has 0 heterocycles. The third kappa shape index (κ3) is 3.44. The van der Waals surface area contributed by atoms with Gasteiger partial charge in [0.05, 0.1) is 6.61 Å². The van der Waals surface area contributed by atoms with Crippen LogP contribution in [0, 0.1) is 6.92 Å². The van der Waals surface area contributed by atoms with Crippen LogP contribution >= 0.6 is 0 Å². The number of rotatable bonds is 4. The molecule has 0 aliphatic rings. The summed E-state index contributed by atoms with van der Waals surface area (Å²) in [7, 11) is 0. The van der Waals surface area contributed by atoms with E-state index >= 15 is 0 Å². The Hall–Kier alpha value is -1.71. The summed E-state index contributed by atoms with van der Waals surface area (Å²) in [6.45, 7) is 11.8. The van der Waals surface area contributed by atoms with Gasteiger partial charge in [-0.15, -0.1) is 0 Å². The van der Waals surface area contributed by atoms with Crippen molar-refractivity contribution in [1.29, 1.82) is 0 Å². The second kappa shape index (κ2) is 6.16. The Balaban J connectivity index is 3.44. The minimum atomic E-state index is -0.323. The first kappa shape index (κ1) is 16.3. The number of esters is 1. The molecule has 0 radical (unpaired) electrons. The molecule has 0 aliphatic carbocycles. The summed E-state index contributed by atoms with van der Waals surface area (Å²) in [6, 6.07) is 1.70. The van der Waals surface area contributed by atoms with Crippen molar-refractivity contribution in [2.75, 3.05) is 6.61 Å². The van der Waals surface area contributed by atoms with Gasteiger partial charge in [0.25, 0.3) is 0 Å². The van der Waals surface area contributed by atoms with Crippen molar-refractivity contribution < 1.29 is 19.4 Å². The fourth-order valence-corrected chi connectivity index (χ4v) is 1.93. The number of hydrogen-bond acceptors (Lipinski definition) is 4. The standard InChI is InChI=1S/C16H24O4/c1-7-13(17)20-12-9-11(16(4,5)6)14(18)10(3)15(12)19-8-2/h9,18H,7-8H2,1-6H3. The highest BCUT2D eigenvalue weighted by Gasteiger charge is 2.25. The quantitative estimate of drug-likeness (QED) is 0.674. The number of hydrogen-bond donors (Lipinski definition) is 1. The molecule has 20 heavy (non-hydrogen) atoms. The van der Waals surface area contributed by atoms with Gasteiger partial charge < -0.3 is 14.6 Å². The average Bonchev–Trinajstić information content (AvgIpc) is 2.36. The molecule has 0 aliphatic heterocycles. The van der Waals surface area contributed by atoms with Gasteiger partial charge in [-0.3, -0.25) is 4.79 Å². The van der Waals surface area contributed by atoms with E-state index in [0.29, 0.717) is 23.7 Å². The Bertz CT molecular complexity index is 498. The molecule has 0 saturated carbocycles. The van der Waals surface area contributed by atoms with E-state index in [-0.39, 0.29) is 23.6 Å². The van der Waals surface area contributed by atoms with E-state index in [1.165, 1.54) is 0 Å². The topological polar surface area (TPSA) is 55.8 Å². The number of benzene rings is 1. The van der Waals surface area contributed by atoms with Crippen molar-refractivity contribution >= 4 is 5.97 Å². The summed E-state index contributed by atoms with van der Waals surface area (Å²) in [6.07, 6.45) is 0.288. The summed E-state index contributed by atoms with van der Waals surface area (Å²) in [5.41, 5.74) is 1.07. The number of phenolic OH excluding ortho intramolecular Hbond substituents is 1. The molecule has 0 saturated heterocycles. The minimum Gasteiger partial charge on any atom is -0.507 e. The van der Waals surface area contributed by atoms with E-state index in [9.17, 15) is 9.90 Å². The van der Waals surface area contributed by atoms with E-state index in [1.54, 1.807) is 19.9 Å². The maximum Gasteiger partial charge on any atom is 0.311 e. The Labute approximate surface area is 120 Å². The predicted octanol–water partition coefficient (Wildman–Crippen LogP) is 3.71. The summed E-state index contributed by atoms with van der Waals surface area (Å²) >= 11 is 0. The van der Waals surface area contributed by atoms with Crippen LogP contribution in [0.4, 0.5) is 0 Å². The lowest BCUT2D eigenvalue weighted by atomic mass is 9.85. The molecule has 0 aromatic heterocycles. The van der Waals surface area contributed by atoms with Crippen LogP contribution < -0.4 is 9.47 Å². The molecule has 0 atom stereocenters. The number of aromatic hydroxyl groups is 1. The lowest BCUT2D eigenvalue weighted by molar-refractivity contribution is -0.134. The Morgan fingerprint density at radius 1 is 1.30 bits per heavy atom.